The van der Waals surface area contributed by atoms with E-state index in [2.05, 4.69) is 24.1 Å². The van der Waals surface area contributed by atoms with E-state index in [1.807, 2.05) is 36.4 Å². The molecule has 5 N–H and O–H groups in total. The largest absolute Gasteiger partial charge is 0.497 e. The molecule has 1 aliphatic rings. The summed E-state index contributed by atoms with van der Waals surface area (Å²) in [5.74, 6) is -2.02. The fourth-order valence-electron chi connectivity index (χ4n) is 4.74. The van der Waals surface area contributed by atoms with Crippen molar-refractivity contribution in [2.75, 3.05) is 13.7 Å². The zero-order chi connectivity index (χ0) is 26.9. The molecule has 200 valence electrons. The standard InChI is InChI=1S/C28H37N3O6/c1-17(2)14-23-25(20-11-4-5-13-22(20)30-23)24(32)16-29-27(34)21(26(33)28(35)31-36)12-7-9-18-8-6-10-19(15-18)37-3/h4,6,8,10-11,15,17,21,26,30,33,36H,5,7,9,12-14,16H2,1-3H3,(H,29,34)(H,31,35)/t21-,26+/m1/s1. The van der Waals surface area contributed by atoms with Crippen LogP contribution in [0.25, 0.3) is 6.08 Å². The SMILES string of the molecule is COc1cccc(CCC[C@@H](C(=O)NCC(=O)c2c(CC(C)C)[nH]c3c2C=CCC3)[C@H](O)C(=O)NO)c1. The number of hydroxylamine groups is 1. The van der Waals surface area contributed by atoms with Crippen LogP contribution in [0, 0.1) is 11.8 Å². The Morgan fingerprint density at radius 3 is 2.68 bits per heavy atom. The molecule has 0 bridgehead atoms. The molecule has 0 saturated heterocycles. The molecule has 2 aromatic rings. The Bertz CT molecular complexity index is 1140. The van der Waals surface area contributed by atoms with Crippen LogP contribution in [-0.4, -0.2) is 52.7 Å². The Balaban J connectivity index is 1.69. The minimum absolute atomic E-state index is 0.173. The Morgan fingerprint density at radius 2 is 1.97 bits per heavy atom. The molecule has 2 amide bonds. The number of benzene rings is 1. The molecule has 0 radical (unpaired) electrons. The number of carbonyl (C=O) groups excluding carboxylic acids is 3. The minimum atomic E-state index is -1.76. The summed E-state index contributed by atoms with van der Waals surface area (Å²) in [6.45, 7) is 3.90. The molecule has 0 saturated carbocycles. The fourth-order valence-corrected chi connectivity index (χ4v) is 4.74. The fraction of sp³-hybridized carbons (Fsp3) is 0.464. The molecule has 9 heteroatoms. The van der Waals surface area contributed by atoms with Gasteiger partial charge in [-0.15, -0.1) is 0 Å². The zero-order valence-electron chi connectivity index (χ0n) is 21.7. The second-order valence-electron chi connectivity index (χ2n) is 9.82. The van der Waals surface area contributed by atoms with Crippen LogP contribution < -0.4 is 15.5 Å². The van der Waals surface area contributed by atoms with E-state index in [4.69, 9.17) is 9.94 Å². The highest BCUT2D eigenvalue weighted by Crippen LogP contribution is 2.28. The first-order valence-electron chi connectivity index (χ1n) is 12.7. The number of hydrogen-bond donors (Lipinski definition) is 5. The third-order valence-corrected chi connectivity index (χ3v) is 6.57. The minimum Gasteiger partial charge on any atom is -0.497 e. The number of allylic oxidation sites excluding steroid dienone is 1. The number of hydrogen-bond acceptors (Lipinski definition) is 6. The van der Waals surface area contributed by atoms with Gasteiger partial charge in [0.15, 0.2) is 5.78 Å². The van der Waals surface area contributed by atoms with E-state index < -0.39 is 23.8 Å². The molecule has 2 atom stereocenters. The highest BCUT2D eigenvalue weighted by molar-refractivity contribution is 6.04. The molecule has 1 aromatic heterocycles. The van der Waals surface area contributed by atoms with Gasteiger partial charge in [-0.3, -0.25) is 19.6 Å². The van der Waals surface area contributed by atoms with Crippen LogP contribution in [0.2, 0.25) is 0 Å². The van der Waals surface area contributed by atoms with E-state index in [1.165, 1.54) is 5.48 Å². The molecule has 1 aliphatic carbocycles. The van der Waals surface area contributed by atoms with Gasteiger partial charge in [-0.05, 0) is 62.1 Å². The lowest BCUT2D eigenvalue weighted by molar-refractivity contribution is -0.146. The Morgan fingerprint density at radius 1 is 1.19 bits per heavy atom. The highest BCUT2D eigenvalue weighted by atomic mass is 16.5. The van der Waals surface area contributed by atoms with Crippen molar-refractivity contribution in [1.29, 1.82) is 0 Å². The maximum atomic E-state index is 13.3. The predicted molar refractivity (Wildman–Crippen MR) is 139 cm³/mol. The number of amides is 2. The van der Waals surface area contributed by atoms with Crippen LogP contribution in [0.4, 0.5) is 0 Å². The molecule has 3 rings (SSSR count). The third-order valence-electron chi connectivity index (χ3n) is 6.57. The second kappa shape index (κ2) is 13.2. The lowest BCUT2D eigenvalue weighted by Gasteiger charge is -2.21. The number of aryl methyl sites for hydroxylation is 2. The average molecular weight is 512 g/mol. The summed E-state index contributed by atoms with van der Waals surface area (Å²) in [7, 11) is 1.58. The van der Waals surface area contributed by atoms with Gasteiger partial charge in [0.25, 0.3) is 5.91 Å². The van der Waals surface area contributed by atoms with E-state index in [0.29, 0.717) is 36.5 Å². The lowest BCUT2D eigenvalue weighted by atomic mass is 9.92. The van der Waals surface area contributed by atoms with Gasteiger partial charge < -0.3 is 20.1 Å². The van der Waals surface area contributed by atoms with Crippen molar-refractivity contribution in [1.82, 2.24) is 15.8 Å². The van der Waals surface area contributed by atoms with Crippen LogP contribution in [0.1, 0.15) is 66.0 Å². The normalized spacial score (nSPS) is 14.1. The van der Waals surface area contributed by atoms with Gasteiger partial charge in [-0.2, -0.15) is 0 Å². The number of methoxy groups -OCH3 is 1. The van der Waals surface area contributed by atoms with Crippen molar-refractivity contribution in [3.05, 3.63) is 58.4 Å². The van der Waals surface area contributed by atoms with Crippen molar-refractivity contribution >= 4 is 23.7 Å². The lowest BCUT2D eigenvalue weighted by Crippen LogP contribution is -2.46. The van der Waals surface area contributed by atoms with E-state index >= 15 is 0 Å². The number of H-pyrrole nitrogens is 1. The van der Waals surface area contributed by atoms with Gasteiger partial charge in [0.2, 0.25) is 5.91 Å². The molecule has 0 aliphatic heterocycles. The molecule has 1 heterocycles. The third kappa shape index (κ3) is 7.30. The Labute approximate surface area is 217 Å². The van der Waals surface area contributed by atoms with E-state index in [1.54, 1.807) is 7.11 Å². The molecular formula is C28H37N3O6. The van der Waals surface area contributed by atoms with Crippen LogP contribution >= 0.6 is 0 Å². The average Bonchev–Trinajstić information content (AvgIpc) is 3.26. The number of ketones is 1. The summed E-state index contributed by atoms with van der Waals surface area (Å²) in [5, 5.41) is 22.0. The number of ether oxygens (including phenoxy) is 1. The molecule has 0 spiro atoms. The van der Waals surface area contributed by atoms with Crippen LogP contribution in [0.5, 0.6) is 5.75 Å². The quantitative estimate of drug-likeness (QED) is 0.159. The summed E-state index contributed by atoms with van der Waals surface area (Å²) >= 11 is 0. The Hall–Kier alpha value is -3.43. The molecule has 37 heavy (non-hydrogen) atoms. The number of carbonyl (C=O) groups is 3. The summed E-state index contributed by atoms with van der Waals surface area (Å²) in [6.07, 6.45) is 5.92. The van der Waals surface area contributed by atoms with Crippen LogP contribution in [0.15, 0.2) is 30.3 Å². The molecule has 9 nitrogen and oxygen atoms in total. The topological polar surface area (TPSA) is 141 Å². The van der Waals surface area contributed by atoms with Crippen molar-refractivity contribution in [2.24, 2.45) is 11.8 Å². The van der Waals surface area contributed by atoms with Crippen molar-refractivity contribution in [3.8, 4) is 5.75 Å². The number of aromatic nitrogens is 1. The number of rotatable bonds is 13. The van der Waals surface area contributed by atoms with Crippen LogP contribution in [-0.2, 0) is 28.9 Å². The van der Waals surface area contributed by atoms with Crippen molar-refractivity contribution in [2.45, 2.75) is 58.5 Å². The highest BCUT2D eigenvalue weighted by Gasteiger charge is 2.32. The zero-order valence-corrected chi connectivity index (χ0v) is 21.7. The van der Waals surface area contributed by atoms with Gasteiger partial charge in [0.05, 0.1) is 19.6 Å². The van der Waals surface area contributed by atoms with Gasteiger partial charge in [-0.25, -0.2) is 5.48 Å². The molecule has 0 unspecified atom stereocenters. The number of Topliss-reactive ketones (excluding diaryl/α,β-unsaturated/α-hetero) is 1. The first kappa shape index (κ1) is 28.1. The summed E-state index contributed by atoms with van der Waals surface area (Å²) in [5.41, 5.74) is 5.74. The smallest absolute Gasteiger partial charge is 0.272 e. The van der Waals surface area contributed by atoms with Gasteiger partial charge in [0.1, 0.15) is 11.9 Å². The number of nitrogens with one attached hydrogen (secondary N) is 3. The van der Waals surface area contributed by atoms with Crippen molar-refractivity contribution < 1.29 is 29.4 Å². The number of aliphatic hydroxyl groups excluding tert-OH is 1. The van der Waals surface area contributed by atoms with E-state index in [9.17, 15) is 19.5 Å². The first-order valence-corrected chi connectivity index (χ1v) is 12.7. The van der Waals surface area contributed by atoms with Gasteiger partial charge in [0, 0.05) is 22.5 Å². The summed E-state index contributed by atoms with van der Waals surface area (Å²) in [4.78, 5) is 41.6. The maximum absolute atomic E-state index is 13.3. The van der Waals surface area contributed by atoms with E-state index in [0.717, 1.165) is 35.4 Å². The second-order valence-corrected chi connectivity index (χ2v) is 9.82. The van der Waals surface area contributed by atoms with Crippen molar-refractivity contribution in [3.63, 3.8) is 0 Å². The monoisotopic (exact) mass is 511 g/mol. The molecule has 1 aromatic carbocycles. The summed E-state index contributed by atoms with van der Waals surface area (Å²) < 4.78 is 5.23. The van der Waals surface area contributed by atoms with Gasteiger partial charge in [-0.1, -0.05) is 38.1 Å². The van der Waals surface area contributed by atoms with E-state index in [-0.39, 0.29) is 18.7 Å². The number of aromatic amines is 1. The molecule has 0 fully saturated rings. The first-order chi connectivity index (χ1) is 17.7. The van der Waals surface area contributed by atoms with Crippen LogP contribution in [0.3, 0.4) is 0 Å². The Kier molecular flexibility index (Phi) is 10.0. The predicted octanol–water partition coefficient (Wildman–Crippen LogP) is 2.99. The summed E-state index contributed by atoms with van der Waals surface area (Å²) in [6, 6.07) is 7.50. The number of fused-ring (bicyclic) bond motifs is 1. The molecular weight excluding hydrogens is 474 g/mol. The maximum Gasteiger partial charge on any atom is 0.272 e. The van der Waals surface area contributed by atoms with Gasteiger partial charge >= 0.3 is 0 Å². The number of aliphatic hydroxyl groups is 1.